The van der Waals surface area contributed by atoms with Crippen LogP contribution in [-0.2, 0) is 4.79 Å². The monoisotopic (exact) mass is 203 g/mol. The number of carbonyl (C=O) groups is 1. The molecule has 1 amide bonds. The van der Waals surface area contributed by atoms with E-state index in [1.807, 2.05) is 6.92 Å². The van der Waals surface area contributed by atoms with Crippen LogP contribution >= 0.6 is 11.8 Å². The van der Waals surface area contributed by atoms with E-state index in [0.717, 1.165) is 24.3 Å². The minimum Gasteiger partial charge on any atom is -0.387 e. The molecule has 0 aromatic heterocycles. The van der Waals surface area contributed by atoms with Crippen molar-refractivity contribution in [2.24, 2.45) is 0 Å². The lowest BCUT2D eigenvalue weighted by atomic mass is 10.0. The van der Waals surface area contributed by atoms with Gasteiger partial charge in [0.25, 0.3) is 0 Å². The lowest BCUT2D eigenvalue weighted by molar-refractivity contribution is -0.122. The maximum Gasteiger partial charge on any atom is 0.220 e. The number of aliphatic hydroxyl groups is 1. The van der Waals surface area contributed by atoms with Crippen LogP contribution in [0.15, 0.2) is 0 Å². The summed E-state index contributed by atoms with van der Waals surface area (Å²) in [6.45, 7) is 2.39. The quantitative estimate of drug-likeness (QED) is 0.709. The number of carbonyl (C=O) groups excluding carboxylic acids is 1. The molecule has 0 aromatic rings. The molecule has 1 saturated heterocycles. The molecule has 1 unspecified atom stereocenters. The smallest absolute Gasteiger partial charge is 0.220 e. The third-order valence-electron chi connectivity index (χ3n) is 2.17. The Balaban J connectivity index is 2.21. The Bertz CT molecular complexity index is 178. The van der Waals surface area contributed by atoms with E-state index in [0.29, 0.717) is 13.0 Å². The Morgan fingerprint density at radius 2 is 2.46 bits per heavy atom. The van der Waals surface area contributed by atoms with Crippen molar-refractivity contribution in [2.45, 2.75) is 31.8 Å². The van der Waals surface area contributed by atoms with Gasteiger partial charge in [0.1, 0.15) is 0 Å². The summed E-state index contributed by atoms with van der Waals surface area (Å²) in [5.41, 5.74) is -0.645. The highest BCUT2D eigenvalue weighted by Gasteiger charge is 2.31. The van der Waals surface area contributed by atoms with E-state index >= 15 is 0 Å². The van der Waals surface area contributed by atoms with Gasteiger partial charge in [-0.15, -0.1) is 0 Å². The molecule has 0 radical (unpaired) electrons. The second-order valence-electron chi connectivity index (χ2n) is 3.55. The standard InChI is InChI=1S/C9H17NO2S/c1-2-3-8(11)10-6-9(12)4-5-13-7-9/h12H,2-7H2,1H3,(H,10,11). The predicted octanol–water partition coefficient (Wildman–Crippen LogP) is 0.771. The first-order valence-corrected chi connectivity index (χ1v) is 5.88. The highest BCUT2D eigenvalue weighted by Crippen LogP contribution is 2.26. The second kappa shape index (κ2) is 4.86. The zero-order chi connectivity index (χ0) is 9.73. The fraction of sp³-hybridized carbons (Fsp3) is 0.889. The maximum absolute atomic E-state index is 11.1. The number of nitrogens with one attached hydrogen (secondary N) is 1. The molecule has 2 N–H and O–H groups in total. The molecule has 1 rings (SSSR count). The summed E-state index contributed by atoms with van der Waals surface area (Å²) in [5.74, 6) is 1.80. The molecule has 13 heavy (non-hydrogen) atoms. The van der Waals surface area contributed by atoms with Gasteiger partial charge in [-0.25, -0.2) is 0 Å². The molecule has 3 nitrogen and oxygen atoms in total. The molecule has 1 aliphatic heterocycles. The number of hydrogen-bond acceptors (Lipinski definition) is 3. The van der Waals surface area contributed by atoms with Gasteiger partial charge < -0.3 is 10.4 Å². The van der Waals surface area contributed by atoms with Crippen molar-refractivity contribution in [3.05, 3.63) is 0 Å². The minimum atomic E-state index is -0.645. The Labute approximate surface area is 83.3 Å². The van der Waals surface area contributed by atoms with Crippen LogP contribution in [0.4, 0.5) is 0 Å². The molecule has 0 bridgehead atoms. The van der Waals surface area contributed by atoms with Crippen LogP contribution in [-0.4, -0.2) is 34.7 Å². The summed E-state index contributed by atoms with van der Waals surface area (Å²) >= 11 is 1.74. The molecule has 1 atom stereocenters. The van der Waals surface area contributed by atoms with Crippen molar-refractivity contribution >= 4 is 17.7 Å². The summed E-state index contributed by atoms with van der Waals surface area (Å²) in [5, 5.41) is 12.6. The van der Waals surface area contributed by atoms with Crippen molar-refractivity contribution in [1.29, 1.82) is 0 Å². The van der Waals surface area contributed by atoms with Gasteiger partial charge >= 0.3 is 0 Å². The highest BCUT2D eigenvalue weighted by atomic mass is 32.2. The van der Waals surface area contributed by atoms with Crippen LogP contribution < -0.4 is 5.32 Å². The van der Waals surface area contributed by atoms with Gasteiger partial charge in [0.05, 0.1) is 5.60 Å². The number of rotatable bonds is 4. The number of thioether (sulfide) groups is 1. The first kappa shape index (κ1) is 10.9. The van der Waals surface area contributed by atoms with E-state index in [4.69, 9.17) is 0 Å². The van der Waals surface area contributed by atoms with Gasteiger partial charge in [-0.2, -0.15) is 11.8 Å². The molecular formula is C9H17NO2S. The first-order chi connectivity index (χ1) is 6.16. The molecule has 0 aliphatic carbocycles. The first-order valence-electron chi connectivity index (χ1n) is 4.73. The van der Waals surface area contributed by atoms with E-state index in [1.54, 1.807) is 11.8 Å². The largest absolute Gasteiger partial charge is 0.387 e. The van der Waals surface area contributed by atoms with Crippen molar-refractivity contribution in [1.82, 2.24) is 5.32 Å². The van der Waals surface area contributed by atoms with Crippen LogP contribution in [0.5, 0.6) is 0 Å². The summed E-state index contributed by atoms with van der Waals surface area (Å²) in [4.78, 5) is 11.1. The Kier molecular flexibility index (Phi) is 4.06. The molecule has 0 spiro atoms. The fourth-order valence-corrected chi connectivity index (χ4v) is 2.61. The van der Waals surface area contributed by atoms with Crippen LogP contribution in [0.1, 0.15) is 26.2 Å². The van der Waals surface area contributed by atoms with Gasteiger partial charge in [0.15, 0.2) is 0 Å². The summed E-state index contributed by atoms with van der Waals surface area (Å²) < 4.78 is 0. The minimum absolute atomic E-state index is 0.0489. The van der Waals surface area contributed by atoms with Crippen LogP contribution in [0.25, 0.3) is 0 Å². The summed E-state index contributed by atoms with van der Waals surface area (Å²) in [7, 11) is 0. The van der Waals surface area contributed by atoms with Crippen molar-refractivity contribution in [2.75, 3.05) is 18.1 Å². The zero-order valence-corrected chi connectivity index (χ0v) is 8.82. The topological polar surface area (TPSA) is 49.3 Å². The molecule has 0 aromatic carbocycles. The Hall–Kier alpha value is -0.220. The predicted molar refractivity (Wildman–Crippen MR) is 54.8 cm³/mol. The average molecular weight is 203 g/mol. The summed E-state index contributed by atoms with van der Waals surface area (Å²) in [6.07, 6.45) is 2.21. The van der Waals surface area contributed by atoms with Crippen molar-refractivity contribution in [3.63, 3.8) is 0 Å². The molecule has 0 saturated carbocycles. The van der Waals surface area contributed by atoms with Gasteiger partial charge in [0, 0.05) is 18.7 Å². The lowest BCUT2D eigenvalue weighted by Crippen LogP contribution is -2.42. The SMILES string of the molecule is CCCC(=O)NCC1(O)CCSC1. The Morgan fingerprint density at radius 3 is 3.00 bits per heavy atom. The maximum atomic E-state index is 11.1. The molecule has 76 valence electrons. The summed E-state index contributed by atoms with van der Waals surface area (Å²) in [6, 6.07) is 0. The van der Waals surface area contributed by atoms with Gasteiger partial charge in [-0.05, 0) is 18.6 Å². The second-order valence-corrected chi connectivity index (χ2v) is 4.66. The zero-order valence-electron chi connectivity index (χ0n) is 8.01. The van der Waals surface area contributed by atoms with Crippen LogP contribution in [0.2, 0.25) is 0 Å². The highest BCUT2D eigenvalue weighted by molar-refractivity contribution is 7.99. The third kappa shape index (κ3) is 3.56. The van der Waals surface area contributed by atoms with E-state index in [2.05, 4.69) is 5.32 Å². The van der Waals surface area contributed by atoms with Gasteiger partial charge in [-0.3, -0.25) is 4.79 Å². The third-order valence-corrected chi connectivity index (χ3v) is 3.41. The van der Waals surface area contributed by atoms with Gasteiger partial charge in [0.2, 0.25) is 5.91 Å². The van der Waals surface area contributed by atoms with Crippen LogP contribution in [0, 0.1) is 0 Å². The average Bonchev–Trinajstić information content (AvgIpc) is 2.51. The van der Waals surface area contributed by atoms with E-state index in [-0.39, 0.29) is 5.91 Å². The van der Waals surface area contributed by atoms with Crippen molar-refractivity contribution < 1.29 is 9.90 Å². The lowest BCUT2D eigenvalue weighted by Gasteiger charge is -2.21. The molecule has 4 heteroatoms. The van der Waals surface area contributed by atoms with Crippen molar-refractivity contribution in [3.8, 4) is 0 Å². The normalized spacial score (nSPS) is 27.5. The van der Waals surface area contributed by atoms with Crippen LogP contribution in [0.3, 0.4) is 0 Å². The Morgan fingerprint density at radius 1 is 1.69 bits per heavy atom. The number of amides is 1. The molecule has 1 heterocycles. The number of hydrogen-bond donors (Lipinski definition) is 2. The fourth-order valence-electron chi connectivity index (χ4n) is 1.31. The van der Waals surface area contributed by atoms with E-state index < -0.39 is 5.60 Å². The van der Waals surface area contributed by atoms with E-state index in [1.165, 1.54) is 0 Å². The molecular weight excluding hydrogens is 186 g/mol. The molecule has 1 aliphatic rings. The van der Waals surface area contributed by atoms with Gasteiger partial charge in [-0.1, -0.05) is 6.92 Å². The molecule has 1 fully saturated rings. The van der Waals surface area contributed by atoms with E-state index in [9.17, 15) is 9.90 Å².